The lowest BCUT2D eigenvalue weighted by atomic mass is 9.98. The maximum Gasteiger partial charge on any atom is 0.253 e. The molecule has 0 N–H and O–H groups in total. The molecule has 0 bridgehead atoms. The van der Waals surface area contributed by atoms with Crippen molar-refractivity contribution >= 4 is 29.1 Å². The van der Waals surface area contributed by atoms with Gasteiger partial charge < -0.3 is 4.90 Å². The molecule has 154 valence electrons. The van der Waals surface area contributed by atoms with Gasteiger partial charge in [0.05, 0.1) is 0 Å². The van der Waals surface area contributed by atoms with E-state index in [4.69, 9.17) is 23.2 Å². The zero-order chi connectivity index (χ0) is 21.1. The highest BCUT2D eigenvalue weighted by molar-refractivity contribution is 6.31. The third-order valence-electron chi connectivity index (χ3n) is 5.63. The summed E-state index contributed by atoms with van der Waals surface area (Å²) in [4.78, 5) is 17.1. The van der Waals surface area contributed by atoms with Gasteiger partial charge in [0, 0.05) is 48.3 Å². The molecular formula is C25H24Cl2N2O. The zero-order valence-corrected chi connectivity index (χ0v) is 18.5. The highest BCUT2D eigenvalue weighted by Crippen LogP contribution is 2.29. The van der Waals surface area contributed by atoms with Gasteiger partial charge in [0.25, 0.3) is 5.91 Å². The molecule has 3 aromatic carbocycles. The van der Waals surface area contributed by atoms with Crippen molar-refractivity contribution in [2.24, 2.45) is 0 Å². The van der Waals surface area contributed by atoms with Crippen molar-refractivity contribution in [2.75, 3.05) is 26.2 Å². The largest absolute Gasteiger partial charge is 0.336 e. The number of rotatable bonds is 4. The quantitative estimate of drug-likeness (QED) is 0.503. The molecule has 1 heterocycles. The maximum absolute atomic E-state index is 12.8. The van der Waals surface area contributed by atoms with Crippen molar-refractivity contribution in [1.82, 2.24) is 9.80 Å². The normalized spacial score (nSPS) is 14.7. The lowest BCUT2D eigenvalue weighted by Gasteiger charge is -2.35. The molecular weight excluding hydrogens is 415 g/mol. The number of halogens is 2. The van der Waals surface area contributed by atoms with Crippen molar-refractivity contribution < 1.29 is 4.79 Å². The minimum atomic E-state index is 0.0480. The second-order valence-electron chi connectivity index (χ2n) is 7.70. The number of piperazine rings is 1. The molecule has 0 aliphatic carbocycles. The third-order valence-corrected chi connectivity index (χ3v) is 6.27. The number of carbonyl (C=O) groups is 1. The van der Waals surface area contributed by atoms with Gasteiger partial charge in [-0.05, 0) is 53.4 Å². The average Bonchev–Trinajstić information content (AvgIpc) is 2.76. The molecule has 5 heteroatoms. The fourth-order valence-electron chi connectivity index (χ4n) is 3.85. The molecule has 0 unspecified atom stereocenters. The number of nitrogens with zero attached hydrogens (tertiary/aromatic N) is 2. The van der Waals surface area contributed by atoms with Gasteiger partial charge in [-0.3, -0.25) is 9.69 Å². The number of benzene rings is 3. The van der Waals surface area contributed by atoms with E-state index in [2.05, 4.69) is 41.3 Å². The summed E-state index contributed by atoms with van der Waals surface area (Å²) in [6.45, 7) is 5.97. The van der Waals surface area contributed by atoms with Crippen molar-refractivity contribution in [3.05, 3.63) is 93.5 Å². The molecule has 1 amide bonds. The van der Waals surface area contributed by atoms with Crippen LogP contribution < -0.4 is 0 Å². The summed E-state index contributed by atoms with van der Waals surface area (Å²) in [7, 11) is 0. The Bertz CT molecular complexity index is 1060. The Kier molecular flexibility index (Phi) is 6.43. The van der Waals surface area contributed by atoms with Crippen molar-refractivity contribution in [3.8, 4) is 11.1 Å². The van der Waals surface area contributed by atoms with Crippen LogP contribution in [0.1, 0.15) is 21.5 Å². The van der Waals surface area contributed by atoms with E-state index in [0.717, 1.165) is 35.8 Å². The second-order valence-corrected chi connectivity index (χ2v) is 8.54. The minimum absolute atomic E-state index is 0.0480. The molecule has 1 aliphatic heterocycles. The summed E-state index contributed by atoms with van der Waals surface area (Å²) in [6, 6.07) is 21.9. The highest BCUT2D eigenvalue weighted by Gasteiger charge is 2.23. The summed E-state index contributed by atoms with van der Waals surface area (Å²) >= 11 is 12.4. The van der Waals surface area contributed by atoms with E-state index < -0.39 is 0 Å². The third kappa shape index (κ3) is 4.70. The first-order valence-electron chi connectivity index (χ1n) is 10.1. The highest BCUT2D eigenvalue weighted by atomic mass is 35.5. The fraction of sp³-hybridized carbons (Fsp3) is 0.240. The van der Waals surface area contributed by atoms with Crippen LogP contribution in [0.15, 0.2) is 66.7 Å². The summed E-state index contributed by atoms with van der Waals surface area (Å²) in [6.07, 6.45) is 0. The summed E-state index contributed by atoms with van der Waals surface area (Å²) < 4.78 is 0. The number of aryl methyl sites for hydroxylation is 1. The Morgan fingerprint density at radius 1 is 0.900 bits per heavy atom. The van der Waals surface area contributed by atoms with Gasteiger partial charge in [0.2, 0.25) is 0 Å². The van der Waals surface area contributed by atoms with Crippen molar-refractivity contribution in [1.29, 1.82) is 0 Å². The Morgan fingerprint density at radius 3 is 2.40 bits per heavy atom. The van der Waals surface area contributed by atoms with Gasteiger partial charge in [-0.2, -0.15) is 0 Å². The zero-order valence-electron chi connectivity index (χ0n) is 16.9. The number of hydrogen-bond acceptors (Lipinski definition) is 2. The van der Waals surface area contributed by atoms with Crippen LogP contribution in [-0.4, -0.2) is 41.9 Å². The molecule has 0 radical (unpaired) electrons. The van der Waals surface area contributed by atoms with Crippen LogP contribution in [0.2, 0.25) is 10.0 Å². The van der Waals surface area contributed by atoms with E-state index in [1.54, 1.807) is 12.1 Å². The molecule has 4 rings (SSSR count). The van der Waals surface area contributed by atoms with Gasteiger partial charge in [-0.1, -0.05) is 65.7 Å². The van der Waals surface area contributed by atoms with Crippen LogP contribution in [0, 0.1) is 6.92 Å². The van der Waals surface area contributed by atoms with Crippen LogP contribution in [0.4, 0.5) is 0 Å². The van der Waals surface area contributed by atoms with Gasteiger partial charge in [-0.25, -0.2) is 0 Å². The fourth-order valence-corrected chi connectivity index (χ4v) is 4.23. The van der Waals surface area contributed by atoms with Crippen molar-refractivity contribution in [3.63, 3.8) is 0 Å². The van der Waals surface area contributed by atoms with E-state index in [-0.39, 0.29) is 5.91 Å². The SMILES string of the molecule is Cc1ccc(-c2ccccc2CN2CCN(C(=O)c3cccc(Cl)c3)CC2)cc1Cl. The first kappa shape index (κ1) is 20.9. The predicted molar refractivity (Wildman–Crippen MR) is 124 cm³/mol. The summed E-state index contributed by atoms with van der Waals surface area (Å²) in [5.41, 5.74) is 5.34. The van der Waals surface area contributed by atoms with E-state index in [1.165, 1.54) is 11.1 Å². The maximum atomic E-state index is 12.8. The Hall–Kier alpha value is -2.33. The second kappa shape index (κ2) is 9.22. The molecule has 0 atom stereocenters. The molecule has 3 aromatic rings. The van der Waals surface area contributed by atoms with Gasteiger partial charge >= 0.3 is 0 Å². The van der Waals surface area contributed by atoms with Crippen LogP contribution in [0.25, 0.3) is 11.1 Å². The van der Waals surface area contributed by atoms with E-state index >= 15 is 0 Å². The standard InChI is InChI=1S/C25H24Cl2N2O/c1-18-9-10-19(16-24(18)27)23-8-3-2-5-21(23)17-28-11-13-29(14-12-28)25(30)20-6-4-7-22(26)15-20/h2-10,15-16H,11-14,17H2,1H3. The van der Waals surface area contributed by atoms with Crippen LogP contribution in [-0.2, 0) is 6.54 Å². The molecule has 30 heavy (non-hydrogen) atoms. The molecule has 0 spiro atoms. The lowest BCUT2D eigenvalue weighted by molar-refractivity contribution is 0.0628. The number of amides is 1. The molecule has 0 aromatic heterocycles. The van der Waals surface area contributed by atoms with Crippen LogP contribution in [0.5, 0.6) is 0 Å². The van der Waals surface area contributed by atoms with Crippen LogP contribution >= 0.6 is 23.2 Å². The van der Waals surface area contributed by atoms with E-state index in [9.17, 15) is 4.79 Å². The number of carbonyl (C=O) groups excluding carboxylic acids is 1. The van der Waals surface area contributed by atoms with Gasteiger partial charge in [0.15, 0.2) is 0 Å². The average molecular weight is 439 g/mol. The topological polar surface area (TPSA) is 23.6 Å². The monoisotopic (exact) mass is 438 g/mol. The molecule has 0 saturated carbocycles. The van der Waals surface area contributed by atoms with Crippen LogP contribution in [0.3, 0.4) is 0 Å². The smallest absolute Gasteiger partial charge is 0.253 e. The Labute approximate surface area is 187 Å². The Morgan fingerprint density at radius 2 is 1.67 bits per heavy atom. The molecule has 1 aliphatic rings. The van der Waals surface area contributed by atoms with Gasteiger partial charge in [0.1, 0.15) is 0 Å². The molecule has 1 fully saturated rings. The Balaban J connectivity index is 1.43. The first-order valence-corrected chi connectivity index (χ1v) is 10.9. The first-order chi connectivity index (χ1) is 14.5. The van der Waals surface area contributed by atoms with E-state index in [0.29, 0.717) is 23.7 Å². The molecule has 3 nitrogen and oxygen atoms in total. The van der Waals surface area contributed by atoms with Crippen molar-refractivity contribution in [2.45, 2.75) is 13.5 Å². The lowest BCUT2D eigenvalue weighted by Crippen LogP contribution is -2.48. The number of hydrogen-bond donors (Lipinski definition) is 0. The van der Waals surface area contributed by atoms with E-state index in [1.807, 2.05) is 30.0 Å². The van der Waals surface area contributed by atoms with Gasteiger partial charge in [-0.15, -0.1) is 0 Å². The predicted octanol–water partition coefficient (Wildman–Crippen LogP) is 5.93. The summed E-state index contributed by atoms with van der Waals surface area (Å²) in [5.74, 6) is 0.0480. The summed E-state index contributed by atoms with van der Waals surface area (Å²) in [5, 5.41) is 1.38. The molecule has 1 saturated heterocycles. The minimum Gasteiger partial charge on any atom is -0.336 e.